The van der Waals surface area contributed by atoms with Crippen molar-refractivity contribution in [3.63, 3.8) is 0 Å². The fourth-order valence-electron chi connectivity index (χ4n) is 3.49. The zero-order valence-electron chi connectivity index (χ0n) is 13.9. The van der Waals surface area contributed by atoms with Crippen LogP contribution in [0.4, 0.5) is 5.69 Å². The molecule has 0 aromatic heterocycles. The highest BCUT2D eigenvalue weighted by Crippen LogP contribution is 2.33. The van der Waals surface area contributed by atoms with Gasteiger partial charge in [-0.2, -0.15) is 0 Å². The fourth-order valence-corrected chi connectivity index (χ4v) is 3.49. The number of rotatable bonds is 6. The molecule has 21 heavy (non-hydrogen) atoms. The van der Waals surface area contributed by atoms with Gasteiger partial charge < -0.3 is 10.2 Å². The Morgan fingerprint density at radius 3 is 2.76 bits per heavy atom. The molecule has 0 amide bonds. The molecular formula is C19H30N2. The van der Waals surface area contributed by atoms with Crippen LogP contribution in [0.2, 0.25) is 0 Å². The summed E-state index contributed by atoms with van der Waals surface area (Å²) in [5, 5.41) is 3.75. The van der Waals surface area contributed by atoms with Crippen molar-refractivity contribution in [1.29, 1.82) is 0 Å². The minimum atomic E-state index is 0.368. The minimum Gasteiger partial charge on any atom is -0.370 e. The van der Waals surface area contributed by atoms with Gasteiger partial charge >= 0.3 is 0 Å². The Kier molecular flexibility index (Phi) is 4.26. The quantitative estimate of drug-likeness (QED) is 0.854. The third kappa shape index (κ3) is 3.60. The van der Waals surface area contributed by atoms with Crippen LogP contribution in [0.1, 0.15) is 45.6 Å². The first-order valence-corrected chi connectivity index (χ1v) is 8.66. The predicted molar refractivity (Wildman–Crippen MR) is 90.9 cm³/mol. The fraction of sp³-hybridized carbons (Fsp3) is 0.684. The Labute approximate surface area is 129 Å². The van der Waals surface area contributed by atoms with Gasteiger partial charge in [0.15, 0.2) is 0 Å². The Morgan fingerprint density at radius 2 is 2.05 bits per heavy atom. The van der Waals surface area contributed by atoms with Crippen LogP contribution in [0.15, 0.2) is 24.3 Å². The third-order valence-electron chi connectivity index (χ3n) is 5.25. The van der Waals surface area contributed by atoms with E-state index in [0.29, 0.717) is 5.41 Å². The number of hydrogen-bond donors (Lipinski definition) is 1. The summed E-state index contributed by atoms with van der Waals surface area (Å²) < 4.78 is 0. The largest absolute Gasteiger partial charge is 0.370 e. The van der Waals surface area contributed by atoms with Crippen LogP contribution in [0.25, 0.3) is 0 Å². The summed E-state index contributed by atoms with van der Waals surface area (Å²) in [5.41, 5.74) is 3.37. The molecule has 1 aliphatic heterocycles. The van der Waals surface area contributed by atoms with Crippen molar-refractivity contribution in [3.8, 4) is 0 Å². The second-order valence-corrected chi connectivity index (χ2v) is 7.64. The van der Waals surface area contributed by atoms with E-state index in [4.69, 9.17) is 0 Å². The van der Waals surface area contributed by atoms with Crippen LogP contribution in [0.5, 0.6) is 0 Å². The van der Waals surface area contributed by atoms with E-state index in [1.54, 1.807) is 0 Å². The molecule has 1 heterocycles. The maximum absolute atomic E-state index is 3.75. The molecule has 0 radical (unpaired) electrons. The van der Waals surface area contributed by atoms with E-state index in [-0.39, 0.29) is 0 Å². The molecule has 2 unspecified atom stereocenters. The van der Waals surface area contributed by atoms with Crippen molar-refractivity contribution in [1.82, 2.24) is 5.32 Å². The van der Waals surface area contributed by atoms with Gasteiger partial charge in [-0.25, -0.2) is 0 Å². The topological polar surface area (TPSA) is 15.3 Å². The minimum absolute atomic E-state index is 0.368. The number of hydrogen-bond acceptors (Lipinski definition) is 2. The van der Waals surface area contributed by atoms with Crippen molar-refractivity contribution in [3.05, 3.63) is 29.8 Å². The predicted octanol–water partition coefficient (Wildman–Crippen LogP) is 3.85. The molecule has 1 fully saturated rings. The maximum Gasteiger partial charge on any atom is 0.0399 e. The van der Waals surface area contributed by atoms with Crippen LogP contribution in [-0.2, 0) is 6.42 Å². The standard InChI is InChI=1S/C19H30N2/c1-4-19(3,13-20-17-9-10-17)14-21-12-15(2)11-16-7-5-6-8-18(16)21/h5-8,15,17,20H,4,9-14H2,1-3H3. The lowest BCUT2D eigenvalue weighted by Gasteiger charge is -2.41. The Morgan fingerprint density at radius 1 is 1.29 bits per heavy atom. The van der Waals surface area contributed by atoms with Crippen LogP contribution in [0, 0.1) is 11.3 Å². The van der Waals surface area contributed by atoms with Gasteiger partial charge in [0.1, 0.15) is 0 Å². The third-order valence-corrected chi connectivity index (χ3v) is 5.25. The summed E-state index contributed by atoms with van der Waals surface area (Å²) >= 11 is 0. The highest BCUT2D eigenvalue weighted by molar-refractivity contribution is 5.55. The highest BCUT2D eigenvalue weighted by Gasteiger charge is 2.31. The molecular weight excluding hydrogens is 256 g/mol. The first kappa shape index (κ1) is 14.9. The number of anilines is 1. The number of para-hydroxylation sites is 1. The Bertz CT molecular complexity index is 480. The first-order valence-electron chi connectivity index (χ1n) is 8.66. The summed E-state index contributed by atoms with van der Waals surface area (Å²) in [7, 11) is 0. The lowest BCUT2D eigenvalue weighted by atomic mass is 9.84. The van der Waals surface area contributed by atoms with Gasteiger partial charge in [0.05, 0.1) is 0 Å². The van der Waals surface area contributed by atoms with E-state index in [9.17, 15) is 0 Å². The van der Waals surface area contributed by atoms with Crippen LogP contribution < -0.4 is 10.2 Å². The van der Waals surface area contributed by atoms with Crippen molar-refractivity contribution in [2.24, 2.45) is 11.3 Å². The molecule has 1 aromatic rings. The van der Waals surface area contributed by atoms with Gasteiger partial charge in [-0.3, -0.25) is 0 Å². The lowest BCUT2D eigenvalue weighted by molar-refractivity contribution is 0.287. The maximum atomic E-state index is 3.75. The zero-order valence-corrected chi connectivity index (χ0v) is 13.9. The normalized spacial score (nSPS) is 24.5. The smallest absolute Gasteiger partial charge is 0.0399 e. The number of fused-ring (bicyclic) bond motifs is 1. The molecule has 1 aliphatic carbocycles. The molecule has 116 valence electrons. The molecule has 1 aromatic carbocycles. The van der Waals surface area contributed by atoms with Crippen molar-refractivity contribution in [2.75, 3.05) is 24.5 Å². The molecule has 2 atom stereocenters. The highest BCUT2D eigenvalue weighted by atomic mass is 15.2. The van der Waals surface area contributed by atoms with E-state index in [1.807, 2.05) is 0 Å². The lowest BCUT2D eigenvalue weighted by Crippen LogP contribution is -2.45. The molecule has 3 rings (SSSR count). The molecule has 1 N–H and O–H groups in total. The van der Waals surface area contributed by atoms with Gasteiger partial charge in [-0.15, -0.1) is 0 Å². The van der Waals surface area contributed by atoms with Gasteiger partial charge in [0, 0.05) is 31.4 Å². The summed E-state index contributed by atoms with van der Waals surface area (Å²) in [6.45, 7) is 10.7. The summed E-state index contributed by atoms with van der Waals surface area (Å²) in [4.78, 5) is 2.64. The average Bonchev–Trinajstić information content (AvgIpc) is 3.29. The van der Waals surface area contributed by atoms with E-state index in [2.05, 4.69) is 55.3 Å². The summed E-state index contributed by atoms with van der Waals surface area (Å²) in [6, 6.07) is 9.80. The molecule has 0 spiro atoms. The van der Waals surface area contributed by atoms with E-state index in [1.165, 1.54) is 50.0 Å². The number of nitrogens with one attached hydrogen (secondary N) is 1. The van der Waals surface area contributed by atoms with Gasteiger partial charge in [0.2, 0.25) is 0 Å². The molecule has 2 heteroatoms. The van der Waals surface area contributed by atoms with Gasteiger partial charge in [0.25, 0.3) is 0 Å². The number of nitrogens with zero attached hydrogens (tertiary/aromatic N) is 1. The second-order valence-electron chi connectivity index (χ2n) is 7.64. The Hall–Kier alpha value is -1.02. The van der Waals surface area contributed by atoms with Crippen molar-refractivity contribution >= 4 is 5.69 Å². The molecule has 0 saturated heterocycles. The molecule has 2 nitrogen and oxygen atoms in total. The summed E-state index contributed by atoms with van der Waals surface area (Å²) in [5.74, 6) is 0.761. The van der Waals surface area contributed by atoms with Gasteiger partial charge in [-0.1, -0.05) is 39.0 Å². The SMILES string of the molecule is CCC(C)(CNC1CC1)CN1CC(C)Cc2ccccc21. The van der Waals surface area contributed by atoms with E-state index < -0.39 is 0 Å². The summed E-state index contributed by atoms with van der Waals surface area (Å²) in [6.07, 6.45) is 5.22. The average molecular weight is 286 g/mol. The number of benzene rings is 1. The zero-order chi connectivity index (χ0) is 14.9. The molecule has 2 aliphatic rings. The molecule has 0 bridgehead atoms. The van der Waals surface area contributed by atoms with Crippen LogP contribution in [0.3, 0.4) is 0 Å². The van der Waals surface area contributed by atoms with E-state index >= 15 is 0 Å². The monoisotopic (exact) mass is 286 g/mol. The van der Waals surface area contributed by atoms with E-state index in [0.717, 1.165) is 18.5 Å². The van der Waals surface area contributed by atoms with Crippen molar-refractivity contribution in [2.45, 2.75) is 52.5 Å². The second kappa shape index (κ2) is 6.00. The van der Waals surface area contributed by atoms with Crippen LogP contribution >= 0.6 is 0 Å². The van der Waals surface area contributed by atoms with Crippen LogP contribution in [-0.4, -0.2) is 25.7 Å². The van der Waals surface area contributed by atoms with Gasteiger partial charge in [-0.05, 0) is 48.6 Å². The van der Waals surface area contributed by atoms with Crippen molar-refractivity contribution < 1.29 is 0 Å². The Balaban J connectivity index is 1.72. The molecule has 1 saturated carbocycles. The first-order chi connectivity index (χ1) is 10.1.